The van der Waals surface area contributed by atoms with Gasteiger partial charge in [0.1, 0.15) is 0 Å². The number of hydrogen-bond acceptors (Lipinski definition) is 3. The summed E-state index contributed by atoms with van der Waals surface area (Å²) in [7, 11) is 0. The van der Waals surface area contributed by atoms with Crippen LogP contribution >= 0.6 is 0 Å². The second kappa shape index (κ2) is 6.59. The van der Waals surface area contributed by atoms with Crippen molar-refractivity contribution in [1.29, 1.82) is 0 Å². The second-order valence-electron chi connectivity index (χ2n) is 4.38. The van der Waals surface area contributed by atoms with Crippen molar-refractivity contribution >= 4 is 11.7 Å². The summed E-state index contributed by atoms with van der Waals surface area (Å²) in [5.41, 5.74) is 8.37. The summed E-state index contributed by atoms with van der Waals surface area (Å²) in [6, 6.07) is 17.3. The standard InChI is InChI=1S/C16H17NO2/c17-15-8-4-7-14(11-15)12-16(18)19-10-9-13-5-2-1-3-6-13/h1-8,11H,9-10,12,17H2. The van der Waals surface area contributed by atoms with E-state index in [0.717, 1.165) is 12.0 Å². The fraction of sp³-hybridized carbons (Fsp3) is 0.188. The molecule has 2 aromatic carbocycles. The van der Waals surface area contributed by atoms with Crippen LogP contribution in [0, 0.1) is 0 Å². The lowest BCUT2D eigenvalue weighted by Gasteiger charge is -2.05. The van der Waals surface area contributed by atoms with E-state index in [-0.39, 0.29) is 12.4 Å². The predicted molar refractivity (Wildman–Crippen MR) is 75.7 cm³/mol. The highest BCUT2D eigenvalue weighted by molar-refractivity contribution is 5.73. The molecule has 3 nitrogen and oxygen atoms in total. The van der Waals surface area contributed by atoms with E-state index in [4.69, 9.17) is 10.5 Å². The minimum absolute atomic E-state index is 0.221. The average Bonchev–Trinajstić information content (AvgIpc) is 2.40. The molecule has 0 saturated carbocycles. The largest absolute Gasteiger partial charge is 0.465 e. The Kier molecular flexibility index (Phi) is 4.56. The first-order chi connectivity index (χ1) is 9.24. The summed E-state index contributed by atoms with van der Waals surface area (Å²) in [4.78, 5) is 11.7. The Morgan fingerprint density at radius 1 is 1.00 bits per heavy atom. The Hall–Kier alpha value is -2.29. The zero-order valence-corrected chi connectivity index (χ0v) is 10.7. The smallest absolute Gasteiger partial charge is 0.310 e. The van der Waals surface area contributed by atoms with Crippen LogP contribution in [0.1, 0.15) is 11.1 Å². The monoisotopic (exact) mass is 255 g/mol. The maximum absolute atomic E-state index is 11.7. The zero-order valence-electron chi connectivity index (χ0n) is 10.7. The lowest BCUT2D eigenvalue weighted by molar-refractivity contribution is -0.142. The molecule has 0 heterocycles. The fourth-order valence-corrected chi connectivity index (χ4v) is 1.85. The van der Waals surface area contributed by atoms with Crippen molar-refractivity contribution in [2.75, 3.05) is 12.3 Å². The maximum atomic E-state index is 11.7. The Bertz CT molecular complexity index is 537. The van der Waals surface area contributed by atoms with Crippen molar-refractivity contribution in [2.45, 2.75) is 12.8 Å². The molecular formula is C16H17NO2. The van der Waals surface area contributed by atoms with Gasteiger partial charge in [-0.25, -0.2) is 0 Å². The van der Waals surface area contributed by atoms with Gasteiger partial charge in [0.25, 0.3) is 0 Å². The summed E-state index contributed by atoms with van der Waals surface area (Å²) < 4.78 is 5.21. The molecule has 2 aromatic rings. The van der Waals surface area contributed by atoms with E-state index < -0.39 is 0 Å². The van der Waals surface area contributed by atoms with Gasteiger partial charge in [0, 0.05) is 12.1 Å². The van der Waals surface area contributed by atoms with Crippen molar-refractivity contribution in [3.8, 4) is 0 Å². The summed E-state index contributed by atoms with van der Waals surface area (Å²) in [5, 5.41) is 0. The topological polar surface area (TPSA) is 52.3 Å². The van der Waals surface area contributed by atoms with Crippen LogP contribution in [0.25, 0.3) is 0 Å². The Morgan fingerprint density at radius 3 is 2.47 bits per heavy atom. The highest BCUT2D eigenvalue weighted by atomic mass is 16.5. The molecule has 0 aliphatic carbocycles. The third-order valence-corrected chi connectivity index (χ3v) is 2.80. The van der Waals surface area contributed by atoms with E-state index >= 15 is 0 Å². The molecule has 0 bridgehead atoms. The number of benzene rings is 2. The molecule has 0 aliphatic rings. The number of carbonyl (C=O) groups excluding carboxylic acids is 1. The summed E-state index contributed by atoms with van der Waals surface area (Å²) in [6.07, 6.45) is 1.00. The number of hydrogen-bond donors (Lipinski definition) is 1. The zero-order chi connectivity index (χ0) is 13.5. The third kappa shape index (κ3) is 4.47. The number of rotatable bonds is 5. The normalized spacial score (nSPS) is 10.1. The van der Waals surface area contributed by atoms with Crippen LogP contribution in [0.5, 0.6) is 0 Å². The number of anilines is 1. The second-order valence-corrected chi connectivity index (χ2v) is 4.38. The predicted octanol–water partition coefficient (Wildman–Crippen LogP) is 2.60. The molecule has 0 saturated heterocycles. The van der Waals surface area contributed by atoms with E-state index in [0.29, 0.717) is 12.3 Å². The summed E-state index contributed by atoms with van der Waals surface area (Å²) in [5.74, 6) is -0.221. The van der Waals surface area contributed by atoms with Gasteiger partial charge in [-0.2, -0.15) is 0 Å². The highest BCUT2D eigenvalue weighted by Crippen LogP contribution is 2.08. The Morgan fingerprint density at radius 2 is 1.74 bits per heavy atom. The molecule has 0 atom stereocenters. The SMILES string of the molecule is Nc1cccc(CC(=O)OCCc2ccccc2)c1. The van der Waals surface area contributed by atoms with Gasteiger partial charge in [-0.1, -0.05) is 42.5 Å². The van der Waals surface area contributed by atoms with E-state index in [1.165, 1.54) is 5.56 Å². The van der Waals surface area contributed by atoms with Crippen molar-refractivity contribution in [3.63, 3.8) is 0 Å². The van der Waals surface area contributed by atoms with Crippen LogP contribution in [0.15, 0.2) is 54.6 Å². The van der Waals surface area contributed by atoms with E-state index in [9.17, 15) is 4.79 Å². The number of nitrogens with two attached hydrogens (primary N) is 1. The molecule has 0 spiro atoms. The van der Waals surface area contributed by atoms with Gasteiger partial charge in [0.2, 0.25) is 0 Å². The summed E-state index contributed by atoms with van der Waals surface area (Å²) in [6.45, 7) is 0.408. The van der Waals surface area contributed by atoms with Crippen molar-refractivity contribution < 1.29 is 9.53 Å². The van der Waals surface area contributed by atoms with Gasteiger partial charge in [0.15, 0.2) is 0 Å². The highest BCUT2D eigenvalue weighted by Gasteiger charge is 2.05. The molecule has 0 radical (unpaired) electrons. The molecule has 98 valence electrons. The van der Waals surface area contributed by atoms with Gasteiger partial charge in [-0.15, -0.1) is 0 Å². The van der Waals surface area contributed by atoms with Crippen molar-refractivity contribution in [1.82, 2.24) is 0 Å². The van der Waals surface area contributed by atoms with Crippen LogP contribution in [-0.4, -0.2) is 12.6 Å². The van der Waals surface area contributed by atoms with E-state index in [1.807, 2.05) is 42.5 Å². The van der Waals surface area contributed by atoms with Crippen LogP contribution in [0.3, 0.4) is 0 Å². The third-order valence-electron chi connectivity index (χ3n) is 2.80. The molecule has 0 amide bonds. The molecule has 3 heteroatoms. The van der Waals surface area contributed by atoms with E-state index in [1.54, 1.807) is 12.1 Å². The molecule has 0 aliphatic heterocycles. The Balaban J connectivity index is 1.76. The summed E-state index contributed by atoms with van der Waals surface area (Å²) >= 11 is 0. The molecule has 2 N–H and O–H groups in total. The first-order valence-electron chi connectivity index (χ1n) is 6.28. The number of ether oxygens (including phenoxy) is 1. The van der Waals surface area contributed by atoms with Gasteiger partial charge in [-0.3, -0.25) is 4.79 Å². The van der Waals surface area contributed by atoms with Crippen LogP contribution in [-0.2, 0) is 22.4 Å². The average molecular weight is 255 g/mol. The maximum Gasteiger partial charge on any atom is 0.310 e. The molecule has 0 unspecified atom stereocenters. The number of nitrogen functional groups attached to an aromatic ring is 1. The molecule has 0 fully saturated rings. The van der Waals surface area contributed by atoms with Crippen LogP contribution in [0.2, 0.25) is 0 Å². The van der Waals surface area contributed by atoms with E-state index in [2.05, 4.69) is 0 Å². The first-order valence-corrected chi connectivity index (χ1v) is 6.28. The van der Waals surface area contributed by atoms with Gasteiger partial charge in [-0.05, 0) is 23.3 Å². The van der Waals surface area contributed by atoms with Crippen LogP contribution in [0.4, 0.5) is 5.69 Å². The molecule has 0 aromatic heterocycles. The van der Waals surface area contributed by atoms with Crippen molar-refractivity contribution in [2.24, 2.45) is 0 Å². The van der Waals surface area contributed by atoms with Gasteiger partial charge in [0.05, 0.1) is 13.0 Å². The quantitative estimate of drug-likeness (QED) is 0.660. The number of esters is 1. The minimum atomic E-state index is -0.221. The van der Waals surface area contributed by atoms with Crippen LogP contribution < -0.4 is 5.73 Å². The van der Waals surface area contributed by atoms with Gasteiger partial charge >= 0.3 is 5.97 Å². The lowest BCUT2D eigenvalue weighted by atomic mass is 10.1. The fourth-order valence-electron chi connectivity index (χ4n) is 1.85. The number of carbonyl (C=O) groups is 1. The molecule has 2 rings (SSSR count). The minimum Gasteiger partial charge on any atom is -0.465 e. The molecule has 19 heavy (non-hydrogen) atoms. The molecular weight excluding hydrogens is 238 g/mol. The lowest BCUT2D eigenvalue weighted by Crippen LogP contribution is -2.10. The van der Waals surface area contributed by atoms with Gasteiger partial charge < -0.3 is 10.5 Å². The first kappa shape index (κ1) is 13.1. The Labute approximate surface area is 113 Å². The van der Waals surface area contributed by atoms with Crippen molar-refractivity contribution in [3.05, 3.63) is 65.7 Å².